The standard InChI is InChI=1S/C27H28N2O4S3/c1-19-14-21(3-2-20-8-12-34-18-20)16-22(15-19)17-23(30)6-9-28-11-13-35-27(33)29(28)10-7-24-4-5-25(36-24)26(31)32/h4-5,8,12,14-16,18,23,30H,6-7,9-11,13,17H2,1H3,(H,31,32)/t23-/m1/s1. The van der Waals surface area contributed by atoms with Crippen LogP contribution in [0.3, 0.4) is 0 Å². The number of aromatic carboxylic acids is 1. The number of thioether (sulfide) groups is 1. The molecule has 188 valence electrons. The molecule has 1 aliphatic heterocycles. The molecule has 2 N–H and O–H groups in total. The lowest BCUT2D eigenvalue weighted by Gasteiger charge is -2.38. The van der Waals surface area contributed by atoms with Crippen molar-refractivity contribution in [3.63, 3.8) is 0 Å². The number of hydrazine groups is 1. The number of carbonyl (C=O) groups excluding carboxylic acids is 1. The summed E-state index contributed by atoms with van der Waals surface area (Å²) in [6.45, 7) is 3.84. The van der Waals surface area contributed by atoms with Gasteiger partial charge >= 0.3 is 5.97 Å². The lowest BCUT2D eigenvalue weighted by molar-refractivity contribution is 0.0148. The Kier molecular flexibility index (Phi) is 9.24. The maximum Gasteiger partial charge on any atom is 0.345 e. The van der Waals surface area contributed by atoms with E-state index >= 15 is 0 Å². The van der Waals surface area contributed by atoms with Crippen LogP contribution in [-0.4, -0.2) is 62.9 Å². The molecule has 3 heterocycles. The average molecular weight is 541 g/mol. The van der Waals surface area contributed by atoms with Gasteiger partial charge in [0.1, 0.15) is 4.88 Å². The van der Waals surface area contributed by atoms with Gasteiger partial charge in [0, 0.05) is 53.2 Å². The number of rotatable bonds is 9. The fourth-order valence-electron chi connectivity index (χ4n) is 4.06. The molecule has 0 unspecified atom stereocenters. The molecular formula is C27H28N2O4S3. The van der Waals surface area contributed by atoms with E-state index in [2.05, 4.69) is 24.0 Å². The minimum absolute atomic E-state index is 0.00160. The van der Waals surface area contributed by atoms with Crippen molar-refractivity contribution in [3.8, 4) is 11.8 Å². The van der Waals surface area contributed by atoms with Crippen molar-refractivity contribution in [2.75, 3.05) is 25.4 Å². The van der Waals surface area contributed by atoms with Crippen molar-refractivity contribution in [2.45, 2.75) is 32.3 Å². The van der Waals surface area contributed by atoms with Gasteiger partial charge in [0.15, 0.2) is 0 Å². The predicted octanol–water partition coefficient (Wildman–Crippen LogP) is 5.14. The largest absolute Gasteiger partial charge is 0.477 e. The molecule has 36 heavy (non-hydrogen) atoms. The van der Waals surface area contributed by atoms with E-state index in [0.717, 1.165) is 39.4 Å². The van der Waals surface area contributed by atoms with E-state index in [0.29, 0.717) is 37.2 Å². The number of aliphatic hydroxyl groups excluding tert-OH is 1. The Labute approximate surface area is 223 Å². The number of aliphatic hydroxyl groups is 1. The van der Waals surface area contributed by atoms with Crippen LogP contribution >= 0.6 is 34.4 Å². The molecule has 0 saturated carbocycles. The van der Waals surface area contributed by atoms with Crippen LogP contribution in [0.15, 0.2) is 47.2 Å². The second kappa shape index (κ2) is 12.6. The fourth-order valence-corrected chi connectivity index (χ4v) is 6.32. The number of hydrogen-bond donors (Lipinski definition) is 2. The van der Waals surface area contributed by atoms with Crippen LogP contribution in [0.5, 0.6) is 0 Å². The third kappa shape index (κ3) is 7.45. The molecule has 1 saturated heterocycles. The maximum absolute atomic E-state index is 12.6. The Balaban J connectivity index is 1.33. The number of aryl methyl sites for hydroxylation is 1. The molecule has 3 aromatic rings. The van der Waals surface area contributed by atoms with Crippen molar-refractivity contribution in [3.05, 3.63) is 79.2 Å². The average Bonchev–Trinajstić information content (AvgIpc) is 3.53. The zero-order valence-electron chi connectivity index (χ0n) is 20.0. The highest BCUT2D eigenvalue weighted by atomic mass is 32.2. The van der Waals surface area contributed by atoms with Crippen molar-refractivity contribution < 1.29 is 19.8 Å². The molecule has 4 rings (SSSR count). The van der Waals surface area contributed by atoms with Gasteiger partial charge in [-0.2, -0.15) is 11.3 Å². The number of carbonyl (C=O) groups is 2. The van der Waals surface area contributed by atoms with E-state index in [1.807, 2.05) is 40.9 Å². The Morgan fingerprint density at radius 2 is 1.97 bits per heavy atom. The summed E-state index contributed by atoms with van der Waals surface area (Å²) in [5, 5.41) is 27.7. The van der Waals surface area contributed by atoms with E-state index in [-0.39, 0.29) is 5.24 Å². The smallest absolute Gasteiger partial charge is 0.345 e. The molecule has 0 bridgehead atoms. The molecule has 1 amide bonds. The Hall–Kier alpha value is -2.61. The molecule has 6 nitrogen and oxygen atoms in total. The highest BCUT2D eigenvalue weighted by Gasteiger charge is 2.27. The van der Waals surface area contributed by atoms with E-state index in [1.165, 1.54) is 23.1 Å². The molecule has 9 heteroatoms. The molecule has 1 aromatic carbocycles. The second-order valence-corrected chi connectivity index (χ2v) is 11.6. The molecule has 2 aromatic heterocycles. The van der Waals surface area contributed by atoms with Crippen LogP contribution in [0, 0.1) is 18.8 Å². The third-order valence-electron chi connectivity index (χ3n) is 5.77. The van der Waals surface area contributed by atoms with E-state index in [1.54, 1.807) is 22.4 Å². The highest BCUT2D eigenvalue weighted by Crippen LogP contribution is 2.22. The minimum Gasteiger partial charge on any atom is -0.477 e. The van der Waals surface area contributed by atoms with Crippen LogP contribution in [0.1, 0.15) is 43.2 Å². The monoisotopic (exact) mass is 540 g/mol. The zero-order valence-corrected chi connectivity index (χ0v) is 22.4. The molecule has 1 aliphatic rings. The molecule has 1 fully saturated rings. The van der Waals surface area contributed by atoms with Crippen molar-refractivity contribution in [1.29, 1.82) is 0 Å². The lowest BCUT2D eigenvalue weighted by Crippen LogP contribution is -2.51. The van der Waals surface area contributed by atoms with Gasteiger partial charge in [0.2, 0.25) is 0 Å². The van der Waals surface area contributed by atoms with Gasteiger partial charge in [0.25, 0.3) is 5.24 Å². The van der Waals surface area contributed by atoms with Gasteiger partial charge in [-0.25, -0.2) is 9.80 Å². The number of hydrogen-bond acceptors (Lipinski definition) is 7. The van der Waals surface area contributed by atoms with Gasteiger partial charge in [-0.1, -0.05) is 29.7 Å². The number of nitrogens with zero attached hydrogens (tertiary/aromatic N) is 2. The van der Waals surface area contributed by atoms with Crippen LogP contribution in [0.2, 0.25) is 0 Å². The first-order valence-electron chi connectivity index (χ1n) is 11.7. The highest BCUT2D eigenvalue weighted by molar-refractivity contribution is 8.13. The first-order valence-corrected chi connectivity index (χ1v) is 14.5. The first kappa shape index (κ1) is 26.5. The van der Waals surface area contributed by atoms with Gasteiger partial charge < -0.3 is 10.2 Å². The molecule has 0 aliphatic carbocycles. The lowest BCUT2D eigenvalue weighted by atomic mass is 10.0. The topological polar surface area (TPSA) is 81.1 Å². The SMILES string of the molecule is Cc1cc(C#Cc2ccsc2)cc(C[C@H](O)CCN2CCSC(=O)N2CCc2ccc(C(=O)O)s2)c1. The summed E-state index contributed by atoms with van der Waals surface area (Å²) < 4.78 is 0. The Bertz CT molecular complexity index is 1260. The quantitative estimate of drug-likeness (QED) is 0.366. The van der Waals surface area contributed by atoms with Crippen molar-refractivity contribution >= 4 is 45.6 Å². The number of thiophene rings is 2. The molecular weight excluding hydrogens is 513 g/mol. The van der Waals surface area contributed by atoms with Gasteiger partial charge in [-0.15, -0.1) is 11.3 Å². The molecule has 1 atom stereocenters. The summed E-state index contributed by atoms with van der Waals surface area (Å²) in [6, 6.07) is 11.6. The fraction of sp³-hybridized carbons (Fsp3) is 0.333. The van der Waals surface area contributed by atoms with Crippen LogP contribution in [-0.2, 0) is 12.8 Å². The summed E-state index contributed by atoms with van der Waals surface area (Å²) in [5.74, 6) is 6.19. The van der Waals surface area contributed by atoms with Gasteiger partial charge in [-0.3, -0.25) is 9.80 Å². The summed E-state index contributed by atoms with van der Waals surface area (Å²) >= 11 is 4.17. The van der Waals surface area contributed by atoms with E-state index in [9.17, 15) is 14.7 Å². The number of carboxylic acid groups (broad SMARTS) is 1. The first-order chi connectivity index (χ1) is 17.4. The Morgan fingerprint density at radius 3 is 2.72 bits per heavy atom. The van der Waals surface area contributed by atoms with E-state index < -0.39 is 12.1 Å². The van der Waals surface area contributed by atoms with Gasteiger partial charge in [-0.05, 0) is 66.6 Å². The molecule has 0 spiro atoms. The van der Waals surface area contributed by atoms with Crippen molar-refractivity contribution in [2.24, 2.45) is 0 Å². The number of carboxylic acids is 1. The summed E-state index contributed by atoms with van der Waals surface area (Å²) in [4.78, 5) is 25.0. The normalized spacial score (nSPS) is 14.9. The predicted molar refractivity (Wildman–Crippen MR) is 147 cm³/mol. The molecule has 0 radical (unpaired) electrons. The summed E-state index contributed by atoms with van der Waals surface area (Å²) in [6.07, 6.45) is 1.13. The van der Waals surface area contributed by atoms with Crippen LogP contribution in [0.4, 0.5) is 4.79 Å². The van der Waals surface area contributed by atoms with Crippen LogP contribution in [0.25, 0.3) is 0 Å². The number of benzene rings is 1. The Morgan fingerprint density at radius 1 is 1.14 bits per heavy atom. The maximum atomic E-state index is 12.6. The third-order valence-corrected chi connectivity index (χ3v) is 8.43. The van der Waals surface area contributed by atoms with Gasteiger partial charge in [0.05, 0.1) is 6.10 Å². The minimum atomic E-state index is -0.929. The van der Waals surface area contributed by atoms with Crippen LogP contribution < -0.4 is 0 Å². The zero-order chi connectivity index (χ0) is 25.5. The van der Waals surface area contributed by atoms with Crippen molar-refractivity contribution in [1.82, 2.24) is 10.0 Å². The van der Waals surface area contributed by atoms with E-state index in [4.69, 9.17) is 5.11 Å². The summed E-state index contributed by atoms with van der Waals surface area (Å²) in [5.41, 5.74) is 4.10. The summed E-state index contributed by atoms with van der Waals surface area (Å²) in [7, 11) is 0. The second-order valence-electron chi connectivity index (χ2n) is 8.63. The number of amides is 1.